The van der Waals surface area contributed by atoms with Crippen molar-refractivity contribution in [3.8, 4) is 28.3 Å². The third kappa shape index (κ3) is 2.97. The van der Waals surface area contributed by atoms with Crippen LogP contribution in [-0.2, 0) is 7.05 Å². The van der Waals surface area contributed by atoms with E-state index >= 15 is 0 Å². The first-order valence-corrected chi connectivity index (χ1v) is 9.02. The predicted octanol–water partition coefficient (Wildman–Crippen LogP) is 5.70. The molecule has 0 radical (unpaired) electrons. The van der Waals surface area contributed by atoms with E-state index in [4.69, 9.17) is 9.84 Å². The summed E-state index contributed by atoms with van der Waals surface area (Å²) in [5.74, 6) is 0.857. The molecule has 0 unspecified atom stereocenters. The van der Waals surface area contributed by atoms with Crippen molar-refractivity contribution in [2.24, 2.45) is 7.05 Å². The van der Waals surface area contributed by atoms with Gasteiger partial charge >= 0.3 is 0 Å². The summed E-state index contributed by atoms with van der Waals surface area (Å²) in [6.45, 7) is 2.79. The zero-order valence-electron chi connectivity index (χ0n) is 15.1. The summed E-state index contributed by atoms with van der Waals surface area (Å²) in [4.78, 5) is 0. The number of nitrogens with zero attached hydrogens (tertiary/aromatic N) is 2. The quantitative estimate of drug-likeness (QED) is 0.465. The van der Waals surface area contributed by atoms with Gasteiger partial charge in [0, 0.05) is 18.2 Å². The Labute approximate surface area is 153 Å². The Morgan fingerprint density at radius 3 is 2.35 bits per heavy atom. The lowest BCUT2D eigenvalue weighted by atomic mass is 10.0. The molecule has 130 valence electrons. The first kappa shape index (κ1) is 16.4. The monoisotopic (exact) mass is 342 g/mol. The lowest BCUT2D eigenvalue weighted by molar-refractivity contribution is 0.320. The Bertz CT molecular complexity index is 1030. The summed E-state index contributed by atoms with van der Waals surface area (Å²) in [7, 11) is 1.98. The van der Waals surface area contributed by atoms with E-state index in [0.29, 0.717) is 6.61 Å². The van der Waals surface area contributed by atoms with Crippen LogP contribution in [0.5, 0.6) is 5.75 Å². The van der Waals surface area contributed by atoms with Crippen molar-refractivity contribution in [1.82, 2.24) is 9.78 Å². The van der Waals surface area contributed by atoms with Gasteiger partial charge in [0.25, 0.3) is 0 Å². The lowest BCUT2D eigenvalue weighted by Crippen LogP contribution is -1.98. The summed E-state index contributed by atoms with van der Waals surface area (Å²) in [5.41, 5.74) is 4.10. The lowest BCUT2D eigenvalue weighted by Gasteiger charge is -2.10. The molecule has 4 rings (SSSR count). The Morgan fingerprint density at radius 1 is 0.846 bits per heavy atom. The molecule has 1 aromatic heterocycles. The highest BCUT2D eigenvalue weighted by atomic mass is 16.5. The molecule has 0 fully saturated rings. The van der Waals surface area contributed by atoms with Gasteiger partial charge in [-0.15, -0.1) is 0 Å². The number of hydrogen-bond acceptors (Lipinski definition) is 2. The summed E-state index contributed by atoms with van der Waals surface area (Å²) < 4.78 is 8.10. The SMILES string of the molecule is CCCOc1c(-c2ccccc2)nn(C)c1-c1ccc2ccccc2c1. The highest BCUT2D eigenvalue weighted by molar-refractivity contribution is 5.89. The molecule has 0 saturated carbocycles. The first-order chi connectivity index (χ1) is 12.8. The summed E-state index contributed by atoms with van der Waals surface area (Å²) in [5, 5.41) is 7.23. The minimum atomic E-state index is 0.673. The standard InChI is InChI=1S/C23H22N2O/c1-3-15-26-23-21(18-10-5-4-6-11-18)24-25(2)22(23)20-14-13-17-9-7-8-12-19(17)16-20/h4-14,16H,3,15H2,1-2H3. The second kappa shape index (κ2) is 7.04. The number of benzene rings is 3. The summed E-state index contributed by atoms with van der Waals surface area (Å²) >= 11 is 0. The topological polar surface area (TPSA) is 27.1 Å². The van der Waals surface area contributed by atoms with Crippen LogP contribution in [0.25, 0.3) is 33.3 Å². The third-order valence-corrected chi connectivity index (χ3v) is 4.52. The van der Waals surface area contributed by atoms with Crippen LogP contribution in [0.3, 0.4) is 0 Å². The molecule has 0 aliphatic heterocycles. The molecule has 0 N–H and O–H groups in total. The van der Waals surface area contributed by atoms with Crippen LogP contribution in [0.1, 0.15) is 13.3 Å². The van der Waals surface area contributed by atoms with Gasteiger partial charge in [0.05, 0.1) is 6.61 Å². The molecule has 1 heterocycles. The van der Waals surface area contributed by atoms with E-state index in [1.54, 1.807) is 0 Å². The van der Waals surface area contributed by atoms with Gasteiger partial charge in [0.15, 0.2) is 5.75 Å². The van der Waals surface area contributed by atoms with Crippen LogP contribution in [-0.4, -0.2) is 16.4 Å². The molecular formula is C23H22N2O. The van der Waals surface area contributed by atoms with Crippen LogP contribution >= 0.6 is 0 Å². The molecule has 0 bridgehead atoms. The number of rotatable bonds is 5. The van der Waals surface area contributed by atoms with Crippen molar-refractivity contribution >= 4 is 10.8 Å². The smallest absolute Gasteiger partial charge is 0.173 e. The van der Waals surface area contributed by atoms with Crippen LogP contribution in [0.4, 0.5) is 0 Å². The maximum absolute atomic E-state index is 6.18. The molecule has 0 atom stereocenters. The number of hydrogen-bond donors (Lipinski definition) is 0. The van der Waals surface area contributed by atoms with Crippen LogP contribution in [0.15, 0.2) is 72.8 Å². The van der Waals surface area contributed by atoms with Gasteiger partial charge in [-0.25, -0.2) is 0 Å². The van der Waals surface area contributed by atoms with Gasteiger partial charge < -0.3 is 4.74 Å². The largest absolute Gasteiger partial charge is 0.489 e. The van der Waals surface area contributed by atoms with E-state index in [-0.39, 0.29) is 0 Å². The van der Waals surface area contributed by atoms with Gasteiger partial charge in [-0.2, -0.15) is 5.10 Å². The molecule has 3 heteroatoms. The highest BCUT2D eigenvalue weighted by Crippen LogP contribution is 2.39. The fourth-order valence-corrected chi connectivity index (χ4v) is 3.28. The number of ether oxygens (including phenoxy) is 1. The summed E-state index contributed by atoms with van der Waals surface area (Å²) in [6, 6.07) is 25.1. The molecular weight excluding hydrogens is 320 g/mol. The maximum Gasteiger partial charge on any atom is 0.173 e. The van der Waals surface area contributed by atoms with Crippen molar-refractivity contribution in [3.63, 3.8) is 0 Å². The van der Waals surface area contributed by atoms with E-state index in [1.165, 1.54) is 10.8 Å². The zero-order valence-corrected chi connectivity index (χ0v) is 15.1. The molecule has 4 aromatic rings. The fraction of sp³-hybridized carbons (Fsp3) is 0.174. The first-order valence-electron chi connectivity index (χ1n) is 9.02. The fourth-order valence-electron chi connectivity index (χ4n) is 3.28. The van der Waals surface area contributed by atoms with E-state index in [0.717, 1.165) is 34.7 Å². The van der Waals surface area contributed by atoms with E-state index in [9.17, 15) is 0 Å². The normalized spacial score (nSPS) is 11.0. The van der Waals surface area contributed by atoms with Crippen LogP contribution in [0, 0.1) is 0 Å². The number of fused-ring (bicyclic) bond motifs is 1. The number of aromatic nitrogens is 2. The van der Waals surface area contributed by atoms with Crippen molar-refractivity contribution in [2.45, 2.75) is 13.3 Å². The van der Waals surface area contributed by atoms with E-state index < -0.39 is 0 Å². The third-order valence-electron chi connectivity index (χ3n) is 4.52. The average molecular weight is 342 g/mol. The Morgan fingerprint density at radius 2 is 1.58 bits per heavy atom. The van der Waals surface area contributed by atoms with Gasteiger partial charge in [0.1, 0.15) is 11.4 Å². The van der Waals surface area contributed by atoms with Crippen LogP contribution < -0.4 is 4.74 Å². The van der Waals surface area contributed by atoms with Crippen molar-refractivity contribution < 1.29 is 4.74 Å². The molecule has 3 aromatic carbocycles. The maximum atomic E-state index is 6.18. The van der Waals surface area contributed by atoms with Crippen molar-refractivity contribution in [2.75, 3.05) is 6.61 Å². The van der Waals surface area contributed by atoms with Crippen molar-refractivity contribution in [3.05, 3.63) is 72.8 Å². The van der Waals surface area contributed by atoms with Crippen molar-refractivity contribution in [1.29, 1.82) is 0 Å². The molecule has 0 saturated heterocycles. The molecule has 0 aliphatic carbocycles. The summed E-state index contributed by atoms with van der Waals surface area (Å²) in [6.07, 6.45) is 0.959. The number of aryl methyl sites for hydroxylation is 1. The van der Waals surface area contributed by atoms with Gasteiger partial charge in [-0.3, -0.25) is 4.68 Å². The molecule has 3 nitrogen and oxygen atoms in total. The highest BCUT2D eigenvalue weighted by Gasteiger charge is 2.20. The van der Waals surface area contributed by atoms with Gasteiger partial charge in [-0.05, 0) is 23.3 Å². The van der Waals surface area contributed by atoms with Gasteiger partial charge in [0.2, 0.25) is 0 Å². The molecule has 0 aliphatic rings. The minimum Gasteiger partial charge on any atom is -0.489 e. The Balaban J connectivity index is 1.90. The Kier molecular flexibility index (Phi) is 4.44. The average Bonchev–Trinajstić information content (AvgIpc) is 3.02. The van der Waals surface area contributed by atoms with E-state index in [1.807, 2.05) is 29.9 Å². The minimum absolute atomic E-state index is 0.673. The zero-order chi connectivity index (χ0) is 17.9. The van der Waals surface area contributed by atoms with Gasteiger partial charge in [-0.1, -0.05) is 73.7 Å². The van der Waals surface area contributed by atoms with E-state index in [2.05, 4.69) is 61.5 Å². The predicted molar refractivity (Wildman–Crippen MR) is 107 cm³/mol. The Hall–Kier alpha value is -3.07. The second-order valence-electron chi connectivity index (χ2n) is 6.43. The molecule has 0 amide bonds. The second-order valence-corrected chi connectivity index (χ2v) is 6.43. The van der Waals surface area contributed by atoms with Crippen LogP contribution in [0.2, 0.25) is 0 Å². The molecule has 0 spiro atoms. The molecule has 26 heavy (non-hydrogen) atoms.